The fraction of sp³-hybridized carbons (Fsp3) is 0.600. The summed E-state index contributed by atoms with van der Waals surface area (Å²) in [5, 5.41) is 0.416. The molecule has 24 heavy (non-hydrogen) atoms. The van der Waals surface area contributed by atoms with E-state index in [0.717, 1.165) is 0 Å². The van der Waals surface area contributed by atoms with Crippen molar-refractivity contribution >= 4 is 46.4 Å². The second kappa shape index (κ2) is 8.01. The second-order valence-corrected chi connectivity index (χ2v) is 7.86. The van der Waals surface area contributed by atoms with Crippen molar-refractivity contribution < 1.29 is 14.3 Å². The first kappa shape index (κ1) is 17.9. The number of carbonyl (C=O) groups is 2. The van der Waals surface area contributed by atoms with Crippen LogP contribution in [0.4, 0.5) is 0 Å². The van der Waals surface area contributed by atoms with Gasteiger partial charge in [0.15, 0.2) is 0 Å². The summed E-state index contributed by atoms with van der Waals surface area (Å²) in [4.78, 5) is 31.0. The van der Waals surface area contributed by atoms with Crippen LogP contribution in [0.15, 0.2) is 6.07 Å². The van der Waals surface area contributed by atoms with Crippen molar-refractivity contribution in [2.24, 2.45) is 0 Å². The van der Waals surface area contributed by atoms with E-state index in [1.54, 1.807) is 11.0 Å². The summed E-state index contributed by atoms with van der Waals surface area (Å²) in [6.45, 7) is 5.53. The van der Waals surface area contributed by atoms with Gasteiger partial charge >= 0.3 is 0 Å². The Balaban J connectivity index is 1.48. The number of rotatable bonds is 3. The monoisotopic (exact) mass is 391 g/mol. The van der Waals surface area contributed by atoms with Gasteiger partial charge in [-0.2, -0.15) is 0 Å². The number of hydrogen-bond donors (Lipinski definition) is 0. The van der Waals surface area contributed by atoms with Crippen LogP contribution in [-0.4, -0.2) is 85.5 Å². The minimum absolute atomic E-state index is 0.0482. The van der Waals surface area contributed by atoms with Gasteiger partial charge in [0.25, 0.3) is 5.91 Å². The lowest BCUT2D eigenvalue weighted by molar-refractivity contribution is -0.136. The highest BCUT2D eigenvalue weighted by Crippen LogP contribution is 2.32. The van der Waals surface area contributed by atoms with Crippen molar-refractivity contribution in [2.45, 2.75) is 0 Å². The SMILES string of the molecule is O=C(CN1CCN(C(=O)c2cc(Cl)c(Cl)s2)CC1)N1CCOCC1. The molecule has 0 aromatic carbocycles. The van der Waals surface area contributed by atoms with Gasteiger partial charge in [-0.3, -0.25) is 14.5 Å². The molecule has 1 aromatic rings. The zero-order valence-corrected chi connectivity index (χ0v) is 15.5. The van der Waals surface area contributed by atoms with Gasteiger partial charge in [-0.15, -0.1) is 11.3 Å². The fourth-order valence-corrected chi connectivity index (χ4v) is 4.16. The summed E-state index contributed by atoms with van der Waals surface area (Å²) in [7, 11) is 0. The van der Waals surface area contributed by atoms with Crippen molar-refractivity contribution in [3.8, 4) is 0 Å². The molecule has 2 fully saturated rings. The molecular weight excluding hydrogens is 373 g/mol. The minimum atomic E-state index is -0.0482. The van der Waals surface area contributed by atoms with E-state index in [4.69, 9.17) is 27.9 Å². The Morgan fingerprint density at radius 2 is 1.71 bits per heavy atom. The molecule has 3 rings (SSSR count). The van der Waals surface area contributed by atoms with E-state index < -0.39 is 0 Å². The smallest absolute Gasteiger partial charge is 0.264 e. The number of thiophene rings is 1. The van der Waals surface area contributed by atoms with Crippen molar-refractivity contribution in [1.82, 2.24) is 14.7 Å². The van der Waals surface area contributed by atoms with Crippen LogP contribution < -0.4 is 0 Å². The summed E-state index contributed by atoms with van der Waals surface area (Å²) in [6.07, 6.45) is 0. The Hall–Kier alpha value is -0.860. The van der Waals surface area contributed by atoms with Gasteiger partial charge in [-0.05, 0) is 6.07 Å². The standard InChI is InChI=1S/C15H19Cl2N3O3S/c16-11-9-12(24-14(11)17)15(22)20-3-1-18(2-4-20)10-13(21)19-5-7-23-8-6-19/h9H,1-8,10H2. The maximum atomic E-state index is 12.5. The lowest BCUT2D eigenvalue weighted by Gasteiger charge is -2.35. The van der Waals surface area contributed by atoms with Crippen LogP contribution in [-0.2, 0) is 9.53 Å². The molecule has 0 unspecified atom stereocenters. The molecule has 0 bridgehead atoms. The fourth-order valence-electron chi connectivity index (χ4n) is 2.82. The molecule has 0 saturated carbocycles. The number of piperazine rings is 1. The van der Waals surface area contributed by atoms with Gasteiger partial charge < -0.3 is 14.5 Å². The lowest BCUT2D eigenvalue weighted by atomic mass is 10.2. The lowest BCUT2D eigenvalue weighted by Crippen LogP contribution is -2.52. The normalized spacial score (nSPS) is 19.6. The van der Waals surface area contributed by atoms with E-state index in [2.05, 4.69) is 4.90 Å². The molecule has 2 amide bonds. The van der Waals surface area contributed by atoms with Gasteiger partial charge in [0.05, 0.1) is 29.7 Å². The first-order valence-electron chi connectivity index (χ1n) is 7.86. The predicted molar refractivity (Wildman–Crippen MR) is 94.1 cm³/mol. The predicted octanol–water partition coefficient (Wildman–Crippen LogP) is 1.67. The van der Waals surface area contributed by atoms with Gasteiger partial charge in [0.2, 0.25) is 5.91 Å². The minimum Gasteiger partial charge on any atom is -0.378 e. The first-order valence-corrected chi connectivity index (χ1v) is 9.44. The van der Waals surface area contributed by atoms with Gasteiger partial charge in [0, 0.05) is 39.3 Å². The molecule has 9 heteroatoms. The van der Waals surface area contributed by atoms with Crippen LogP contribution in [0.3, 0.4) is 0 Å². The molecule has 0 aliphatic carbocycles. The number of amides is 2. The largest absolute Gasteiger partial charge is 0.378 e. The third-order valence-corrected chi connectivity index (χ3v) is 6.09. The van der Waals surface area contributed by atoms with Crippen molar-refractivity contribution in [1.29, 1.82) is 0 Å². The summed E-state index contributed by atoms with van der Waals surface area (Å²) >= 11 is 13.0. The average Bonchev–Trinajstić information content (AvgIpc) is 2.95. The molecule has 0 N–H and O–H groups in total. The molecule has 2 aliphatic rings. The molecule has 3 heterocycles. The molecule has 1 aromatic heterocycles. The van der Waals surface area contributed by atoms with E-state index in [9.17, 15) is 9.59 Å². The molecule has 0 atom stereocenters. The summed E-state index contributed by atoms with van der Waals surface area (Å²) < 4.78 is 5.70. The highest BCUT2D eigenvalue weighted by molar-refractivity contribution is 7.18. The maximum Gasteiger partial charge on any atom is 0.264 e. The zero-order chi connectivity index (χ0) is 17.1. The Labute approximate surface area is 154 Å². The Kier molecular flexibility index (Phi) is 5.99. The molecule has 132 valence electrons. The summed E-state index contributed by atoms with van der Waals surface area (Å²) in [6, 6.07) is 1.62. The highest BCUT2D eigenvalue weighted by Gasteiger charge is 2.26. The van der Waals surface area contributed by atoms with Crippen molar-refractivity contribution in [2.75, 3.05) is 59.0 Å². The van der Waals surface area contributed by atoms with Crippen LogP contribution in [0, 0.1) is 0 Å². The van der Waals surface area contributed by atoms with Crippen LogP contribution in [0.25, 0.3) is 0 Å². The van der Waals surface area contributed by atoms with Gasteiger partial charge in [0.1, 0.15) is 4.34 Å². The molecule has 6 nitrogen and oxygen atoms in total. The summed E-state index contributed by atoms with van der Waals surface area (Å²) in [5.41, 5.74) is 0. The molecule has 0 spiro atoms. The molecule has 2 saturated heterocycles. The van der Waals surface area contributed by atoms with E-state index in [1.807, 2.05) is 4.90 Å². The number of morpholine rings is 1. The third-order valence-electron chi connectivity index (χ3n) is 4.24. The third kappa shape index (κ3) is 4.21. The van der Waals surface area contributed by atoms with Crippen LogP contribution in [0.5, 0.6) is 0 Å². The number of carbonyl (C=O) groups excluding carboxylic acids is 2. The maximum absolute atomic E-state index is 12.5. The quantitative estimate of drug-likeness (QED) is 0.786. The van der Waals surface area contributed by atoms with E-state index in [1.165, 1.54) is 11.3 Å². The van der Waals surface area contributed by atoms with Gasteiger partial charge in [-0.1, -0.05) is 23.2 Å². The van der Waals surface area contributed by atoms with E-state index >= 15 is 0 Å². The number of ether oxygens (including phenoxy) is 1. The average molecular weight is 392 g/mol. The van der Waals surface area contributed by atoms with Crippen LogP contribution in [0.2, 0.25) is 9.36 Å². The molecule has 0 radical (unpaired) electrons. The zero-order valence-electron chi connectivity index (χ0n) is 13.2. The van der Waals surface area contributed by atoms with E-state index in [0.29, 0.717) is 73.3 Å². The Bertz CT molecular complexity index is 592. The van der Waals surface area contributed by atoms with E-state index in [-0.39, 0.29) is 11.8 Å². The number of halogens is 2. The Morgan fingerprint density at radius 1 is 1.04 bits per heavy atom. The van der Waals surface area contributed by atoms with Crippen molar-refractivity contribution in [3.05, 3.63) is 20.3 Å². The van der Waals surface area contributed by atoms with Crippen molar-refractivity contribution in [3.63, 3.8) is 0 Å². The number of hydrogen-bond acceptors (Lipinski definition) is 5. The summed E-state index contributed by atoms with van der Waals surface area (Å²) in [5.74, 6) is 0.0860. The second-order valence-electron chi connectivity index (χ2n) is 5.79. The van der Waals surface area contributed by atoms with Gasteiger partial charge in [-0.25, -0.2) is 0 Å². The topological polar surface area (TPSA) is 53.1 Å². The Morgan fingerprint density at radius 3 is 2.29 bits per heavy atom. The number of nitrogens with zero attached hydrogens (tertiary/aromatic N) is 3. The first-order chi connectivity index (χ1) is 11.5. The molecular formula is C15H19Cl2N3O3S. The highest BCUT2D eigenvalue weighted by atomic mass is 35.5. The molecule has 2 aliphatic heterocycles. The van der Waals surface area contributed by atoms with Crippen LogP contribution in [0.1, 0.15) is 9.67 Å². The van der Waals surface area contributed by atoms with Crippen LogP contribution >= 0.6 is 34.5 Å².